The van der Waals surface area contributed by atoms with Gasteiger partial charge in [-0.1, -0.05) is 6.07 Å². The molecule has 5 rings (SSSR count). The molecule has 0 radical (unpaired) electrons. The van der Waals surface area contributed by atoms with Crippen LogP contribution in [0, 0.1) is 11.6 Å². The minimum Gasteiger partial charge on any atom is -0.354 e. The zero-order chi connectivity index (χ0) is 23.9. The summed E-state index contributed by atoms with van der Waals surface area (Å²) >= 11 is 0. The number of anilines is 2. The van der Waals surface area contributed by atoms with Crippen molar-refractivity contribution in [1.82, 2.24) is 15.0 Å². The van der Waals surface area contributed by atoms with Crippen molar-refractivity contribution < 1.29 is 17.2 Å². The molecule has 1 fully saturated rings. The first-order valence-corrected chi connectivity index (χ1v) is 12.0. The molecule has 0 amide bonds. The van der Waals surface area contributed by atoms with Crippen LogP contribution in [0.2, 0.25) is 0 Å². The van der Waals surface area contributed by atoms with E-state index in [1.165, 1.54) is 12.5 Å². The third kappa shape index (κ3) is 4.27. The number of hydrogen-bond acceptors (Lipinski definition) is 7. The van der Waals surface area contributed by atoms with Crippen LogP contribution in [0.3, 0.4) is 0 Å². The minimum absolute atomic E-state index is 0.0908. The number of nitrogens with two attached hydrogens (primary N) is 1. The van der Waals surface area contributed by atoms with Crippen molar-refractivity contribution in [1.29, 1.82) is 0 Å². The standard InChI is InChI=1S/C23H20F2N6O2S/c24-16-2-4-22(20(25)9-16)34(32,33)30-18-7-15(10-27-11-18)14-1-3-21-19(8-14)23(29-13-28-21)31-6-5-17(26)12-31/h1-4,7-11,13,17,30H,5-6,12,26H2/t17-/m1/s1. The number of rotatable bonds is 5. The van der Waals surface area contributed by atoms with E-state index in [-0.39, 0.29) is 11.7 Å². The first-order chi connectivity index (χ1) is 16.3. The monoisotopic (exact) mass is 482 g/mol. The molecule has 11 heteroatoms. The molecule has 4 aromatic rings. The topological polar surface area (TPSA) is 114 Å². The van der Waals surface area contributed by atoms with Gasteiger partial charge in [-0.15, -0.1) is 0 Å². The van der Waals surface area contributed by atoms with Crippen LogP contribution in [0.5, 0.6) is 0 Å². The second-order valence-electron chi connectivity index (χ2n) is 8.07. The Balaban J connectivity index is 1.49. The van der Waals surface area contributed by atoms with Gasteiger partial charge in [-0.05, 0) is 42.3 Å². The van der Waals surface area contributed by atoms with Gasteiger partial charge in [0.1, 0.15) is 28.7 Å². The Morgan fingerprint density at radius 3 is 2.65 bits per heavy atom. The number of halogens is 2. The molecule has 1 aliphatic rings. The molecule has 0 unspecified atom stereocenters. The molecular formula is C23H20F2N6O2S. The van der Waals surface area contributed by atoms with Gasteiger partial charge >= 0.3 is 0 Å². The molecule has 34 heavy (non-hydrogen) atoms. The summed E-state index contributed by atoms with van der Waals surface area (Å²) in [6.45, 7) is 1.51. The Bertz CT molecular complexity index is 1500. The second kappa shape index (κ2) is 8.58. The van der Waals surface area contributed by atoms with Gasteiger partial charge in [0, 0.05) is 42.3 Å². The van der Waals surface area contributed by atoms with E-state index in [0.29, 0.717) is 18.2 Å². The summed E-state index contributed by atoms with van der Waals surface area (Å²) in [5.74, 6) is -1.26. The summed E-state index contributed by atoms with van der Waals surface area (Å²) in [7, 11) is -4.29. The molecule has 0 bridgehead atoms. The smallest absolute Gasteiger partial charge is 0.264 e. The Morgan fingerprint density at radius 1 is 1.03 bits per heavy atom. The zero-order valence-corrected chi connectivity index (χ0v) is 18.6. The molecule has 174 valence electrons. The largest absolute Gasteiger partial charge is 0.354 e. The highest BCUT2D eigenvalue weighted by atomic mass is 32.2. The van der Waals surface area contributed by atoms with Crippen molar-refractivity contribution in [3.63, 3.8) is 0 Å². The Morgan fingerprint density at radius 2 is 1.88 bits per heavy atom. The molecule has 3 heterocycles. The van der Waals surface area contributed by atoms with Gasteiger partial charge in [-0.3, -0.25) is 9.71 Å². The lowest BCUT2D eigenvalue weighted by molar-refractivity contribution is 0.551. The van der Waals surface area contributed by atoms with Crippen LogP contribution in [-0.2, 0) is 10.0 Å². The maximum Gasteiger partial charge on any atom is 0.264 e. The van der Waals surface area contributed by atoms with Crippen molar-refractivity contribution in [2.24, 2.45) is 5.73 Å². The van der Waals surface area contributed by atoms with Crippen molar-refractivity contribution in [2.75, 3.05) is 22.7 Å². The van der Waals surface area contributed by atoms with Gasteiger partial charge in [0.2, 0.25) is 0 Å². The molecule has 8 nitrogen and oxygen atoms in total. The molecule has 1 saturated heterocycles. The van der Waals surface area contributed by atoms with Crippen LogP contribution in [0.1, 0.15) is 6.42 Å². The fraction of sp³-hybridized carbons (Fsp3) is 0.174. The van der Waals surface area contributed by atoms with Crippen molar-refractivity contribution in [2.45, 2.75) is 17.4 Å². The van der Waals surface area contributed by atoms with E-state index in [1.807, 2.05) is 18.2 Å². The van der Waals surface area contributed by atoms with Gasteiger partial charge in [0.05, 0.1) is 17.4 Å². The summed E-state index contributed by atoms with van der Waals surface area (Å²) in [6, 6.07) is 9.58. The lowest BCUT2D eigenvalue weighted by Crippen LogP contribution is -2.27. The predicted octanol–water partition coefficient (Wildman–Crippen LogP) is 3.31. The number of aromatic nitrogens is 3. The molecule has 0 saturated carbocycles. The van der Waals surface area contributed by atoms with E-state index >= 15 is 0 Å². The van der Waals surface area contributed by atoms with E-state index in [9.17, 15) is 17.2 Å². The number of hydrogen-bond donors (Lipinski definition) is 2. The van der Waals surface area contributed by atoms with Crippen LogP contribution in [0.15, 0.2) is 66.1 Å². The van der Waals surface area contributed by atoms with Crippen LogP contribution in [0.25, 0.3) is 22.0 Å². The van der Waals surface area contributed by atoms with E-state index in [1.54, 1.807) is 12.3 Å². The van der Waals surface area contributed by atoms with E-state index in [0.717, 1.165) is 47.4 Å². The van der Waals surface area contributed by atoms with Gasteiger partial charge in [0.25, 0.3) is 10.0 Å². The summed E-state index contributed by atoms with van der Waals surface area (Å²) < 4.78 is 54.8. The Hall–Kier alpha value is -3.70. The first-order valence-electron chi connectivity index (χ1n) is 10.5. The zero-order valence-electron chi connectivity index (χ0n) is 17.8. The van der Waals surface area contributed by atoms with Crippen LogP contribution >= 0.6 is 0 Å². The van der Waals surface area contributed by atoms with Gasteiger partial charge < -0.3 is 10.6 Å². The predicted molar refractivity (Wildman–Crippen MR) is 125 cm³/mol. The number of nitrogens with zero attached hydrogens (tertiary/aromatic N) is 4. The van der Waals surface area contributed by atoms with Crippen molar-refractivity contribution >= 4 is 32.4 Å². The van der Waals surface area contributed by atoms with Gasteiger partial charge in [0.15, 0.2) is 0 Å². The summed E-state index contributed by atoms with van der Waals surface area (Å²) in [6.07, 6.45) is 5.30. The molecule has 1 atom stereocenters. The molecule has 2 aromatic carbocycles. The normalized spacial score (nSPS) is 16.2. The highest BCUT2D eigenvalue weighted by Crippen LogP contribution is 2.31. The third-order valence-corrected chi connectivity index (χ3v) is 7.06. The van der Waals surface area contributed by atoms with Crippen LogP contribution in [-0.4, -0.2) is 42.5 Å². The molecular weight excluding hydrogens is 462 g/mol. The maximum atomic E-state index is 14.0. The fourth-order valence-corrected chi connectivity index (χ4v) is 5.11. The van der Waals surface area contributed by atoms with Crippen molar-refractivity contribution in [3.05, 3.63) is 72.8 Å². The Kier molecular flexibility index (Phi) is 5.58. The quantitative estimate of drug-likeness (QED) is 0.449. The molecule has 2 aromatic heterocycles. The van der Waals surface area contributed by atoms with Gasteiger partial charge in [-0.25, -0.2) is 27.2 Å². The number of benzene rings is 2. The summed E-state index contributed by atoms with van der Waals surface area (Å²) in [5, 5.41) is 0.841. The fourth-order valence-electron chi connectivity index (χ4n) is 4.01. The molecule has 0 spiro atoms. The average molecular weight is 483 g/mol. The SMILES string of the molecule is N[C@@H]1CCN(c2ncnc3ccc(-c4cncc(NS(=O)(=O)c5ccc(F)cc5F)c4)cc23)C1. The van der Waals surface area contributed by atoms with Crippen molar-refractivity contribution in [3.8, 4) is 11.1 Å². The summed E-state index contributed by atoms with van der Waals surface area (Å²) in [4.78, 5) is 14.4. The van der Waals surface area contributed by atoms with Crippen LogP contribution in [0.4, 0.5) is 20.3 Å². The average Bonchev–Trinajstić information content (AvgIpc) is 3.24. The second-order valence-corrected chi connectivity index (χ2v) is 9.72. The first kappa shape index (κ1) is 22.1. The molecule has 3 N–H and O–H groups in total. The highest BCUT2D eigenvalue weighted by molar-refractivity contribution is 7.92. The lowest BCUT2D eigenvalue weighted by Gasteiger charge is -2.18. The van der Waals surface area contributed by atoms with Crippen LogP contribution < -0.4 is 15.4 Å². The summed E-state index contributed by atoms with van der Waals surface area (Å²) in [5.41, 5.74) is 8.37. The Labute approximate surface area is 194 Å². The highest BCUT2D eigenvalue weighted by Gasteiger charge is 2.23. The van der Waals surface area contributed by atoms with E-state index in [4.69, 9.17) is 5.73 Å². The molecule has 1 aliphatic heterocycles. The third-order valence-electron chi connectivity index (χ3n) is 5.65. The number of sulfonamides is 1. The van der Waals surface area contributed by atoms with E-state index < -0.39 is 26.6 Å². The van der Waals surface area contributed by atoms with E-state index in [2.05, 4.69) is 24.6 Å². The molecule has 0 aliphatic carbocycles. The lowest BCUT2D eigenvalue weighted by atomic mass is 10.0. The number of fused-ring (bicyclic) bond motifs is 1. The number of pyridine rings is 1. The maximum absolute atomic E-state index is 14.0. The van der Waals surface area contributed by atoms with Gasteiger partial charge in [-0.2, -0.15) is 0 Å². The number of nitrogens with one attached hydrogen (secondary N) is 1. The minimum atomic E-state index is -4.29.